The molecular formula is C17H24O3. The van der Waals surface area contributed by atoms with Crippen LogP contribution < -0.4 is 0 Å². The molecule has 1 aliphatic carbocycles. The normalized spacial score (nSPS) is 30.2. The summed E-state index contributed by atoms with van der Waals surface area (Å²) in [6.45, 7) is 9.70. The highest BCUT2D eigenvalue weighted by Crippen LogP contribution is 2.40. The summed E-state index contributed by atoms with van der Waals surface area (Å²) in [4.78, 5) is 12.5. The number of ether oxygens (including phenoxy) is 2. The van der Waals surface area contributed by atoms with Gasteiger partial charge in [0.2, 0.25) is 0 Å². The molecule has 0 amide bonds. The molecule has 0 aromatic carbocycles. The van der Waals surface area contributed by atoms with Crippen molar-refractivity contribution in [3.8, 4) is 0 Å². The Kier molecular flexibility index (Phi) is 3.67. The van der Waals surface area contributed by atoms with Crippen LogP contribution in [0.4, 0.5) is 0 Å². The Morgan fingerprint density at radius 1 is 1.25 bits per heavy atom. The van der Waals surface area contributed by atoms with Crippen LogP contribution in [0.15, 0.2) is 35.1 Å². The van der Waals surface area contributed by atoms with Crippen LogP contribution in [-0.2, 0) is 14.3 Å². The SMILES string of the molecule is COC1=CC=C(/C=C2/C(=O)C(C)(C)OC2(C)C)CC1C. The second-order valence-corrected chi connectivity index (χ2v) is 6.63. The molecule has 0 aromatic rings. The molecule has 1 aliphatic heterocycles. The molecule has 110 valence electrons. The summed E-state index contributed by atoms with van der Waals surface area (Å²) in [5.41, 5.74) is 0.644. The van der Waals surface area contributed by atoms with Gasteiger partial charge < -0.3 is 9.47 Å². The molecule has 1 unspecified atom stereocenters. The zero-order valence-electron chi connectivity index (χ0n) is 13.2. The number of allylic oxidation sites excluding steroid dienone is 5. The second-order valence-electron chi connectivity index (χ2n) is 6.63. The molecule has 0 bridgehead atoms. The molecule has 20 heavy (non-hydrogen) atoms. The predicted molar refractivity (Wildman–Crippen MR) is 79.3 cm³/mol. The van der Waals surface area contributed by atoms with Gasteiger partial charge in [0, 0.05) is 11.5 Å². The number of Topliss-reactive ketones (excluding diaryl/α,β-unsaturated/α-hetero) is 1. The minimum absolute atomic E-state index is 0.0811. The van der Waals surface area contributed by atoms with Crippen molar-refractivity contribution in [1.82, 2.24) is 0 Å². The van der Waals surface area contributed by atoms with Gasteiger partial charge in [-0.2, -0.15) is 0 Å². The van der Waals surface area contributed by atoms with Gasteiger partial charge in [-0.3, -0.25) is 4.79 Å². The maximum Gasteiger partial charge on any atom is 0.192 e. The minimum atomic E-state index is -0.732. The monoisotopic (exact) mass is 276 g/mol. The lowest BCUT2D eigenvalue weighted by Gasteiger charge is -2.23. The molecule has 1 fully saturated rings. The molecule has 3 nitrogen and oxygen atoms in total. The van der Waals surface area contributed by atoms with Gasteiger partial charge in [-0.25, -0.2) is 0 Å². The summed E-state index contributed by atoms with van der Waals surface area (Å²) in [5.74, 6) is 1.41. The van der Waals surface area contributed by atoms with E-state index in [1.165, 1.54) is 0 Å². The molecule has 0 spiro atoms. The third-order valence-electron chi connectivity index (χ3n) is 4.01. The van der Waals surface area contributed by atoms with E-state index in [4.69, 9.17) is 9.47 Å². The lowest BCUT2D eigenvalue weighted by atomic mass is 9.87. The van der Waals surface area contributed by atoms with Crippen LogP contribution in [0.1, 0.15) is 41.0 Å². The topological polar surface area (TPSA) is 35.5 Å². The first-order valence-corrected chi connectivity index (χ1v) is 7.09. The van der Waals surface area contributed by atoms with Gasteiger partial charge >= 0.3 is 0 Å². The van der Waals surface area contributed by atoms with Crippen LogP contribution in [0.25, 0.3) is 0 Å². The molecule has 0 aromatic heterocycles. The van der Waals surface area contributed by atoms with Gasteiger partial charge in [0.05, 0.1) is 18.5 Å². The average molecular weight is 276 g/mol. The summed E-state index contributed by atoms with van der Waals surface area (Å²) in [6.07, 6.45) is 6.89. The molecule has 2 aliphatic rings. The molecule has 0 radical (unpaired) electrons. The van der Waals surface area contributed by atoms with Crippen LogP contribution in [0.3, 0.4) is 0 Å². The number of methoxy groups -OCH3 is 1. The number of rotatable bonds is 2. The van der Waals surface area contributed by atoms with E-state index in [0.29, 0.717) is 5.92 Å². The lowest BCUT2D eigenvalue weighted by Crippen LogP contribution is -2.29. The zero-order valence-corrected chi connectivity index (χ0v) is 13.2. The molecular weight excluding hydrogens is 252 g/mol. The Balaban J connectivity index is 2.34. The van der Waals surface area contributed by atoms with Crippen molar-refractivity contribution >= 4 is 5.78 Å². The summed E-state index contributed by atoms with van der Waals surface area (Å²) >= 11 is 0. The molecule has 1 atom stereocenters. The highest BCUT2D eigenvalue weighted by atomic mass is 16.5. The molecule has 1 heterocycles. The minimum Gasteiger partial charge on any atom is -0.501 e. The first-order valence-electron chi connectivity index (χ1n) is 7.09. The van der Waals surface area contributed by atoms with Gasteiger partial charge in [-0.15, -0.1) is 0 Å². The summed E-state index contributed by atoms with van der Waals surface area (Å²) in [6, 6.07) is 0. The fourth-order valence-electron chi connectivity index (χ4n) is 3.01. The van der Waals surface area contributed by atoms with E-state index in [1.54, 1.807) is 7.11 Å². The molecule has 3 heteroatoms. The van der Waals surface area contributed by atoms with Crippen LogP contribution in [0.2, 0.25) is 0 Å². The number of hydrogen-bond donors (Lipinski definition) is 0. The van der Waals surface area contributed by atoms with E-state index >= 15 is 0 Å². The fraction of sp³-hybridized carbons (Fsp3) is 0.588. The maximum absolute atomic E-state index is 12.5. The number of ketones is 1. The van der Waals surface area contributed by atoms with Crippen molar-refractivity contribution < 1.29 is 14.3 Å². The van der Waals surface area contributed by atoms with E-state index in [0.717, 1.165) is 23.3 Å². The van der Waals surface area contributed by atoms with Crippen molar-refractivity contribution in [1.29, 1.82) is 0 Å². The Morgan fingerprint density at radius 2 is 1.90 bits per heavy atom. The Hall–Kier alpha value is -1.35. The highest BCUT2D eigenvalue weighted by Gasteiger charge is 2.49. The van der Waals surface area contributed by atoms with Crippen molar-refractivity contribution in [2.75, 3.05) is 7.11 Å². The zero-order chi connectivity index (χ0) is 15.1. The van der Waals surface area contributed by atoms with Gasteiger partial charge in [-0.05, 0) is 51.8 Å². The van der Waals surface area contributed by atoms with E-state index < -0.39 is 11.2 Å². The van der Waals surface area contributed by atoms with E-state index in [2.05, 4.69) is 6.92 Å². The van der Waals surface area contributed by atoms with Crippen LogP contribution in [-0.4, -0.2) is 24.1 Å². The van der Waals surface area contributed by atoms with Crippen molar-refractivity contribution in [3.05, 3.63) is 35.1 Å². The lowest BCUT2D eigenvalue weighted by molar-refractivity contribution is -0.132. The first kappa shape index (κ1) is 15.0. The molecule has 1 saturated heterocycles. The van der Waals surface area contributed by atoms with Gasteiger partial charge in [0.1, 0.15) is 5.60 Å². The predicted octanol–water partition coefficient (Wildman–Crippen LogP) is 3.57. The van der Waals surface area contributed by atoms with E-state index in [-0.39, 0.29) is 5.78 Å². The number of carbonyl (C=O) groups is 1. The third-order valence-corrected chi connectivity index (χ3v) is 4.01. The van der Waals surface area contributed by atoms with Crippen LogP contribution in [0.5, 0.6) is 0 Å². The summed E-state index contributed by atoms with van der Waals surface area (Å²) in [5, 5.41) is 0. The summed E-state index contributed by atoms with van der Waals surface area (Å²) in [7, 11) is 1.69. The van der Waals surface area contributed by atoms with Gasteiger partial charge in [0.15, 0.2) is 5.78 Å². The standard InChI is InChI=1S/C17H24O3/c1-11-9-12(7-8-14(11)19-6)10-13-15(18)17(4,5)20-16(13,2)3/h7-8,10-11H,9H2,1-6H3/b13-10-. The van der Waals surface area contributed by atoms with Crippen molar-refractivity contribution in [2.45, 2.75) is 52.2 Å². The van der Waals surface area contributed by atoms with E-state index in [1.807, 2.05) is 45.9 Å². The Bertz CT molecular complexity index is 518. The fourth-order valence-corrected chi connectivity index (χ4v) is 3.01. The first-order chi connectivity index (χ1) is 9.17. The maximum atomic E-state index is 12.5. The largest absolute Gasteiger partial charge is 0.501 e. The van der Waals surface area contributed by atoms with Crippen molar-refractivity contribution in [3.63, 3.8) is 0 Å². The Morgan fingerprint density at radius 3 is 2.35 bits per heavy atom. The van der Waals surface area contributed by atoms with Crippen LogP contribution in [0, 0.1) is 5.92 Å². The van der Waals surface area contributed by atoms with Crippen molar-refractivity contribution in [2.24, 2.45) is 5.92 Å². The Labute approximate surface area is 121 Å². The number of carbonyl (C=O) groups excluding carboxylic acids is 1. The van der Waals surface area contributed by atoms with Crippen LogP contribution >= 0.6 is 0 Å². The second kappa shape index (κ2) is 4.88. The third kappa shape index (κ3) is 2.59. The van der Waals surface area contributed by atoms with E-state index in [9.17, 15) is 4.79 Å². The quantitative estimate of drug-likeness (QED) is 0.723. The number of hydrogen-bond acceptors (Lipinski definition) is 3. The van der Waals surface area contributed by atoms with Gasteiger partial charge in [0.25, 0.3) is 0 Å². The highest BCUT2D eigenvalue weighted by molar-refractivity contribution is 6.05. The smallest absolute Gasteiger partial charge is 0.192 e. The molecule has 0 N–H and O–H groups in total. The average Bonchev–Trinajstić information content (AvgIpc) is 2.48. The summed E-state index contributed by atoms with van der Waals surface area (Å²) < 4.78 is 11.2. The van der Waals surface area contributed by atoms with Gasteiger partial charge in [-0.1, -0.05) is 13.0 Å². The molecule has 0 saturated carbocycles. The molecule has 2 rings (SSSR count).